The lowest BCUT2D eigenvalue weighted by atomic mass is 10.0. The van der Waals surface area contributed by atoms with Gasteiger partial charge in [0.1, 0.15) is 5.75 Å². The van der Waals surface area contributed by atoms with E-state index >= 15 is 0 Å². The number of phenols is 1. The molecular weight excluding hydrogens is 405 g/mol. The first kappa shape index (κ1) is 19.4. The Balaban J connectivity index is 2.14. The third-order valence-electron chi connectivity index (χ3n) is 4.52. The molecule has 1 heterocycles. The SMILES string of the molecule is [C-]#[N+]c1ccc(N2C(=O)C(CCl)(CCl)N(c3ccc(O)cc3)C2=S)cc1C. The summed E-state index contributed by atoms with van der Waals surface area (Å²) in [6, 6.07) is 11.4. The van der Waals surface area contributed by atoms with Crippen LogP contribution in [0.2, 0.25) is 0 Å². The topological polar surface area (TPSA) is 48.1 Å². The predicted molar refractivity (Wildman–Crippen MR) is 112 cm³/mol. The largest absolute Gasteiger partial charge is 0.508 e. The number of phenolic OH excluding ortho intramolecular Hbond substituents is 1. The van der Waals surface area contributed by atoms with E-state index in [0.29, 0.717) is 17.1 Å². The van der Waals surface area contributed by atoms with Crippen LogP contribution in [0.15, 0.2) is 42.5 Å². The van der Waals surface area contributed by atoms with Gasteiger partial charge in [-0.25, -0.2) is 4.85 Å². The van der Waals surface area contributed by atoms with E-state index in [1.807, 2.05) is 0 Å². The Morgan fingerprint density at radius 2 is 1.74 bits per heavy atom. The highest BCUT2D eigenvalue weighted by atomic mass is 35.5. The van der Waals surface area contributed by atoms with Gasteiger partial charge < -0.3 is 10.0 Å². The smallest absolute Gasteiger partial charge is 0.262 e. The van der Waals surface area contributed by atoms with Crippen LogP contribution < -0.4 is 9.80 Å². The number of nitrogens with zero attached hydrogens (tertiary/aromatic N) is 3. The van der Waals surface area contributed by atoms with Crippen LogP contribution in [0, 0.1) is 13.5 Å². The van der Waals surface area contributed by atoms with E-state index in [1.54, 1.807) is 42.2 Å². The van der Waals surface area contributed by atoms with Crippen molar-refractivity contribution in [1.29, 1.82) is 0 Å². The van der Waals surface area contributed by atoms with Crippen LogP contribution in [0.25, 0.3) is 4.85 Å². The Hall–Kier alpha value is -2.33. The second kappa shape index (κ2) is 7.35. The van der Waals surface area contributed by atoms with E-state index < -0.39 is 5.54 Å². The molecule has 0 unspecified atom stereocenters. The number of anilines is 2. The lowest BCUT2D eigenvalue weighted by Gasteiger charge is -2.32. The molecule has 1 N–H and O–H groups in total. The molecule has 8 heteroatoms. The van der Waals surface area contributed by atoms with E-state index in [9.17, 15) is 9.90 Å². The molecule has 138 valence electrons. The zero-order chi connectivity index (χ0) is 19.8. The molecule has 0 spiro atoms. The van der Waals surface area contributed by atoms with Gasteiger partial charge in [-0.15, -0.1) is 23.2 Å². The molecule has 0 radical (unpaired) electrons. The standard InChI is InChI=1S/C19H15Cl2N3O2S/c1-12-9-14(5-8-16(12)22-2)23-17(26)19(10-20,11-21)24(18(23)27)13-3-6-15(25)7-4-13/h3-9,25H,10-11H2,1H3. The summed E-state index contributed by atoms with van der Waals surface area (Å²) in [5, 5.41) is 9.80. The predicted octanol–water partition coefficient (Wildman–Crippen LogP) is 4.61. The fraction of sp³-hybridized carbons (Fsp3) is 0.211. The fourth-order valence-electron chi connectivity index (χ4n) is 3.03. The molecule has 5 nitrogen and oxygen atoms in total. The minimum absolute atomic E-state index is 0.0635. The van der Waals surface area contributed by atoms with Gasteiger partial charge in [-0.1, -0.05) is 6.07 Å². The number of aromatic hydroxyl groups is 1. The number of hydrogen-bond donors (Lipinski definition) is 1. The number of amides is 1. The van der Waals surface area contributed by atoms with Crippen LogP contribution in [-0.4, -0.2) is 33.4 Å². The summed E-state index contributed by atoms with van der Waals surface area (Å²) in [5.41, 5.74) is 1.15. The molecule has 2 aromatic carbocycles. The molecule has 2 aromatic rings. The molecule has 1 amide bonds. The van der Waals surface area contributed by atoms with Crippen molar-refractivity contribution in [3.05, 3.63) is 59.4 Å². The Labute approximate surface area is 172 Å². The molecule has 3 rings (SSSR count). The molecule has 1 aliphatic heterocycles. The number of carbonyl (C=O) groups is 1. The summed E-state index contributed by atoms with van der Waals surface area (Å²) in [7, 11) is 0. The van der Waals surface area contributed by atoms with Crippen molar-refractivity contribution in [1.82, 2.24) is 0 Å². The summed E-state index contributed by atoms with van der Waals surface area (Å²) in [6.45, 7) is 8.98. The number of hydrogen-bond acceptors (Lipinski definition) is 3. The monoisotopic (exact) mass is 419 g/mol. The van der Waals surface area contributed by atoms with Gasteiger partial charge in [-0.2, -0.15) is 0 Å². The van der Waals surface area contributed by atoms with Crippen LogP contribution in [0.1, 0.15) is 5.56 Å². The maximum absolute atomic E-state index is 13.3. The molecule has 27 heavy (non-hydrogen) atoms. The van der Waals surface area contributed by atoms with Crippen molar-refractivity contribution in [3.63, 3.8) is 0 Å². The van der Waals surface area contributed by atoms with Crippen molar-refractivity contribution < 1.29 is 9.90 Å². The molecule has 0 atom stereocenters. The lowest BCUT2D eigenvalue weighted by molar-refractivity contribution is -0.120. The average molecular weight is 420 g/mol. The summed E-state index contributed by atoms with van der Waals surface area (Å²) in [6.07, 6.45) is 0. The van der Waals surface area contributed by atoms with E-state index in [1.165, 1.54) is 17.0 Å². The van der Waals surface area contributed by atoms with Crippen molar-refractivity contribution >= 4 is 63.5 Å². The van der Waals surface area contributed by atoms with Gasteiger partial charge in [0, 0.05) is 11.4 Å². The number of alkyl halides is 2. The minimum atomic E-state index is -1.25. The van der Waals surface area contributed by atoms with E-state index in [2.05, 4.69) is 4.85 Å². The third-order valence-corrected chi connectivity index (χ3v) is 5.77. The normalized spacial score (nSPS) is 15.9. The lowest BCUT2D eigenvalue weighted by Crippen LogP contribution is -2.53. The Morgan fingerprint density at radius 1 is 1.15 bits per heavy atom. The van der Waals surface area contributed by atoms with Gasteiger partial charge in [0.15, 0.2) is 16.3 Å². The molecular formula is C19H15Cl2N3O2S. The van der Waals surface area contributed by atoms with Crippen LogP contribution in [0.4, 0.5) is 17.1 Å². The molecule has 0 aromatic heterocycles. The average Bonchev–Trinajstić information content (AvgIpc) is 2.89. The van der Waals surface area contributed by atoms with E-state index in [4.69, 9.17) is 42.0 Å². The van der Waals surface area contributed by atoms with Gasteiger partial charge in [-0.3, -0.25) is 9.69 Å². The van der Waals surface area contributed by atoms with Crippen molar-refractivity contribution in [2.24, 2.45) is 0 Å². The highest BCUT2D eigenvalue weighted by molar-refractivity contribution is 7.81. The summed E-state index contributed by atoms with van der Waals surface area (Å²) in [5.74, 6) is -0.363. The van der Waals surface area contributed by atoms with Gasteiger partial charge in [0.2, 0.25) is 0 Å². The number of aryl methyl sites for hydroxylation is 1. The van der Waals surface area contributed by atoms with Crippen LogP contribution in [0.3, 0.4) is 0 Å². The third kappa shape index (κ3) is 3.02. The Morgan fingerprint density at radius 3 is 2.26 bits per heavy atom. The molecule has 0 bridgehead atoms. The molecule has 0 saturated carbocycles. The Bertz CT molecular complexity index is 952. The van der Waals surface area contributed by atoms with Gasteiger partial charge in [-0.05, 0) is 61.1 Å². The first-order valence-corrected chi connectivity index (χ1v) is 9.45. The van der Waals surface area contributed by atoms with Gasteiger partial charge in [0.05, 0.1) is 18.3 Å². The summed E-state index contributed by atoms with van der Waals surface area (Å²) < 4.78 is 0. The Kier molecular flexibility index (Phi) is 5.29. The van der Waals surface area contributed by atoms with E-state index in [-0.39, 0.29) is 28.5 Å². The zero-order valence-electron chi connectivity index (χ0n) is 14.3. The van der Waals surface area contributed by atoms with Crippen molar-refractivity contribution in [3.8, 4) is 5.75 Å². The van der Waals surface area contributed by atoms with E-state index in [0.717, 1.165) is 5.56 Å². The second-order valence-corrected chi connectivity index (χ2v) is 7.06. The number of carbonyl (C=O) groups excluding carboxylic acids is 1. The molecule has 1 saturated heterocycles. The molecule has 0 aliphatic carbocycles. The highest BCUT2D eigenvalue weighted by Gasteiger charge is 2.55. The minimum Gasteiger partial charge on any atom is -0.508 e. The number of rotatable bonds is 4. The van der Waals surface area contributed by atoms with Gasteiger partial charge >= 0.3 is 0 Å². The fourth-order valence-corrected chi connectivity index (χ4v) is 4.26. The number of benzene rings is 2. The van der Waals surface area contributed by atoms with Crippen LogP contribution >= 0.6 is 35.4 Å². The molecule has 1 fully saturated rings. The first-order valence-electron chi connectivity index (χ1n) is 7.97. The maximum Gasteiger partial charge on any atom is 0.262 e. The quantitative estimate of drug-likeness (QED) is 0.446. The van der Waals surface area contributed by atoms with Crippen LogP contribution in [0.5, 0.6) is 5.75 Å². The molecule has 1 aliphatic rings. The second-order valence-electron chi connectivity index (χ2n) is 6.16. The van der Waals surface area contributed by atoms with Gasteiger partial charge in [0.25, 0.3) is 5.91 Å². The number of thiocarbonyl (C=S) groups is 1. The van der Waals surface area contributed by atoms with Crippen molar-refractivity contribution in [2.45, 2.75) is 12.5 Å². The first-order chi connectivity index (χ1) is 12.9. The summed E-state index contributed by atoms with van der Waals surface area (Å²) >= 11 is 18.0. The van der Waals surface area contributed by atoms with Crippen LogP contribution in [-0.2, 0) is 4.79 Å². The number of halogens is 2. The summed E-state index contributed by atoms with van der Waals surface area (Å²) in [4.78, 5) is 19.8. The highest BCUT2D eigenvalue weighted by Crippen LogP contribution is 2.39. The maximum atomic E-state index is 13.3. The zero-order valence-corrected chi connectivity index (χ0v) is 16.6. The van der Waals surface area contributed by atoms with Crippen molar-refractivity contribution in [2.75, 3.05) is 21.6 Å².